The molecule has 0 aliphatic heterocycles. The number of alkyl halides is 2. The molecule has 0 atom stereocenters. The number of hydrogen-bond donors (Lipinski definition) is 2. The highest BCUT2D eigenvalue weighted by molar-refractivity contribution is 6.06. The molecule has 29 heavy (non-hydrogen) atoms. The second-order valence-corrected chi connectivity index (χ2v) is 5.76. The second kappa shape index (κ2) is 8.50. The molecule has 9 nitrogen and oxygen atoms in total. The van der Waals surface area contributed by atoms with E-state index in [1.54, 1.807) is 0 Å². The van der Waals surface area contributed by atoms with Crippen LogP contribution in [-0.2, 0) is 11.3 Å². The first-order chi connectivity index (χ1) is 13.9. The highest BCUT2D eigenvalue weighted by Gasteiger charge is 2.20. The van der Waals surface area contributed by atoms with Crippen molar-refractivity contribution in [3.05, 3.63) is 47.9 Å². The summed E-state index contributed by atoms with van der Waals surface area (Å²) in [6.45, 7) is -0.578. The molecule has 3 aromatic rings. The van der Waals surface area contributed by atoms with Crippen LogP contribution in [0.5, 0.6) is 5.75 Å². The van der Waals surface area contributed by atoms with Gasteiger partial charge in [-0.05, 0) is 37.3 Å². The number of esters is 1. The third-order valence-electron chi connectivity index (χ3n) is 3.91. The number of amides is 1. The van der Waals surface area contributed by atoms with Crippen molar-refractivity contribution in [2.75, 3.05) is 12.4 Å². The van der Waals surface area contributed by atoms with Gasteiger partial charge in [-0.2, -0.15) is 19.0 Å². The highest BCUT2D eigenvalue weighted by Crippen LogP contribution is 2.23. The molecule has 0 unspecified atom stereocenters. The minimum absolute atomic E-state index is 0.0144. The molecule has 11 heteroatoms. The Hall–Kier alpha value is -3.76. The fraction of sp³-hybridized carbons (Fsp3) is 0.222. The number of halogens is 2. The lowest BCUT2D eigenvalue weighted by molar-refractivity contribution is -0.0498. The van der Waals surface area contributed by atoms with E-state index >= 15 is 0 Å². The Kier molecular flexibility index (Phi) is 5.86. The highest BCUT2D eigenvalue weighted by atomic mass is 19.3. The summed E-state index contributed by atoms with van der Waals surface area (Å²) in [5, 5.41) is 13.3. The maximum atomic E-state index is 12.5. The molecule has 0 spiro atoms. The average Bonchev–Trinajstić information content (AvgIpc) is 3.35. The minimum Gasteiger partial charge on any atom is -0.464 e. The van der Waals surface area contributed by atoms with Crippen molar-refractivity contribution in [2.24, 2.45) is 0 Å². The number of carbonyl (C=O) groups is 2. The van der Waals surface area contributed by atoms with Crippen molar-refractivity contribution in [1.82, 2.24) is 20.0 Å². The van der Waals surface area contributed by atoms with Crippen LogP contribution in [0.25, 0.3) is 11.3 Å². The monoisotopic (exact) mass is 405 g/mol. The zero-order valence-corrected chi connectivity index (χ0v) is 15.5. The van der Waals surface area contributed by atoms with Gasteiger partial charge in [0.25, 0.3) is 5.91 Å². The zero-order valence-electron chi connectivity index (χ0n) is 15.5. The van der Waals surface area contributed by atoms with Crippen LogP contribution in [0.3, 0.4) is 0 Å². The van der Waals surface area contributed by atoms with Gasteiger partial charge in [0.05, 0.1) is 18.5 Å². The Morgan fingerprint density at radius 1 is 1.28 bits per heavy atom. The number of anilines is 1. The normalized spacial score (nSPS) is 10.8. The summed E-state index contributed by atoms with van der Waals surface area (Å²) in [5.41, 5.74) is 1.34. The number of nitrogens with zero attached hydrogens (tertiary/aromatic N) is 3. The van der Waals surface area contributed by atoms with E-state index in [1.807, 2.05) is 6.92 Å². The predicted octanol–water partition coefficient (Wildman–Crippen LogP) is 2.93. The molecular formula is C18H17F2N5O4. The molecule has 0 aliphatic carbocycles. The molecule has 152 valence electrons. The van der Waals surface area contributed by atoms with Gasteiger partial charge in [-0.1, -0.05) is 0 Å². The van der Waals surface area contributed by atoms with Crippen LogP contribution < -0.4 is 10.1 Å². The van der Waals surface area contributed by atoms with E-state index in [-0.39, 0.29) is 22.8 Å². The Balaban J connectivity index is 1.76. The molecule has 0 radical (unpaired) electrons. The number of aromatic nitrogens is 4. The molecular weight excluding hydrogens is 388 g/mol. The molecule has 0 bridgehead atoms. The molecule has 2 heterocycles. The van der Waals surface area contributed by atoms with E-state index in [2.05, 4.69) is 30.1 Å². The van der Waals surface area contributed by atoms with Crippen molar-refractivity contribution in [3.8, 4) is 17.0 Å². The zero-order chi connectivity index (χ0) is 21.0. The number of aryl methyl sites for hydroxylation is 1. The van der Waals surface area contributed by atoms with Crippen LogP contribution in [0.4, 0.5) is 14.5 Å². The number of ether oxygens (including phenoxy) is 2. The van der Waals surface area contributed by atoms with Gasteiger partial charge in [0.15, 0.2) is 5.69 Å². The maximum absolute atomic E-state index is 12.5. The van der Waals surface area contributed by atoms with Crippen molar-refractivity contribution >= 4 is 17.6 Å². The molecule has 0 saturated carbocycles. The van der Waals surface area contributed by atoms with Gasteiger partial charge in [-0.25, -0.2) is 4.79 Å². The quantitative estimate of drug-likeness (QED) is 0.585. The lowest BCUT2D eigenvalue weighted by atomic mass is 10.1. The number of aromatic amines is 1. The van der Waals surface area contributed by atoms with Gasteiger partial charge in [0.1, 0.15) is 11.4 Å². The topological polar surface area (TPSA) is 111 Å². The van der Waals surface area contributed by atoms with E-state index in [0.29, 0.717) is 17.8 Å². The summed E-state index contributed by atoms with van der Waals surface area (Å²) in [4.78, 5) is 24.4. The smallest absolute Gasteiger partial charge is 0.387 e. The molecule has 0 fully saturated rings. The van der Waals surface area contributed by atoms with Gasteiger partial charge >= 0.3 is 12.6 Å². The Morgan fingerprint density at radius 3 is 2.62 bits per heavy atom. The summed E-state index contributed by atoms with van der Waals surface area (Å²) in [5.74, 6) is -1.20. The van der Waals surface area contributed by atoms with Gasteiger partial charge in [-0.15, -0.1) is 0 Å². The summed E-state index contributed by atoms with van der Waals surface area (Å²) >= 11 is 0. The Bertz CT molecular complexity index is 1010. The number of carbonyl (C=O) groups excluding carboxylic acids is 2. The Labute approximate surface area is 163 Å². The van der Waals surface area contributed by atoms with Crippen molar-refractivity contribution < 1.29 is 27.8 Å². The van der Waals surface area contributed by atoms with Gasteiger partial charge < -0.3 is 14.8 Å². The van der Waals surface area contributed by atoms with Crippen molar-refractivity contribution in [1.29, 1.82) is 0 Å². The Morgan fingerprint density at radius 2 is 2.00 bits per heavy atom. The number of hydrogen-bond acceptors (Lipinski definition) is 6. The van der Waals surface area contributed by atoms with Crippen LogP contribution in [-0.4, -0.2) is 45.6 Å². The van der Waals surface area contributed by atoms with Crippen LogP contribution in [0.1, 0.15) is 27.9 Å². The molecule has 1 amide bonds. The SMILES string of the molecule is CCn1cc(NC(=O)c2cc(-c3ccc(OC(F)F)cc3)n[nH]2)c(C(=O)OC)n1. The lowest BCUT2D eigenvalue weighted by Gasteiger charge is -2.04. The van der Waals surface area contributed by atoms with E-state index < -0.39 is 18.5 Å². The molecule has 2 aromatic heterocycles. The molecule has 3 rings (SSSR count). The average molecular weight is 405 g/mol. The minimum atomic E-state index is -2.91. The van der Waals surface area contributed by atoms with E-state index in [4.69, 9.17) is 0 Å². The van der Waals surface area contributed by atoms with Crippen LogP contribution in [0.2, 0.25) is 0 Å². The van der Waals surface area contributed by atoms with Crippen molar-refractivity contribution in [2.45, 2.75) is 20.1 Å². The fourth-order valence-corrected chi connectivity index (χ4v) is 2.50. The molecule has 1 aromatic carbocycles. The molecule has 0 saturated heterocycles. The summed E-state index contributed by atoms with van der Waals surface area (Å²) < 4.78 is 34.9. The first kappa shape index (κ1) is 20.0. The van der Waals surface area contributed by atoms with Crippen LogP contribution in [0.15, 0.2) is 36.5 Å². The second-order valence-electron chi connectivity index (χ2n) is 5.76. The van der Waals surface area contributed by atoms with Crippen LogP contribution in [0, 0.1) is 0 Å². The third-order valence-corrected chi connectivity index (χ3v) is 3.91. The van der Waals surface area contributed by atoms with Crippen molar-refractivity contribution in [3.63, 3.8) is 0 Å². The van der Waals surface area contributed by atoms with E-state index in [1.165, 1.54) is 48.3 Å². The number of nitrogens with one attached hydrogen (secondary N) is 2. The van der Waals surface area contributed by atoms with E-state index in [9.17, 15) is 18.4 Å². The van der Waals surface area contributed by atoms with Gasteiger partial charge in [-0.3, -0.25) is 14.6 Å². The summed E-state index contributed by atoms with van der Waals surface area (Å²) in [6.07, 6.45) is 1.52. The first-order valence-electron chi connectivity index (χ1n) is 8.49. The maximum Gasteiger partial charge on any atom is 0.387 e. The van der Waals surface area contributed by atoms with E-state index in [0.717, 1.165) is 0 Å². The fourth-order valence-electron chi connectivity index (χ4n) is 2.50. The largest absolute Gasteiger partial charge is 0.464 e. The predicted molar refractivity (Wildman–Crippen MR) is 97.8 cm³/mol. The third kappa shape index (κ3) is 4.57. The molecule has 2 N–H and O–H groups in total. The number of benzene rings is 1. The molecule has 0 aliphatic rings. The first-order valence-corrected chi connectivity index (χ1v) is 8.49. The van der Waals surface area contributed by atoms with Gasteiger partial charge in [0.2, 0.25) is 0 Å². The number of rotatable bonds is 7. The standard InChI is InChI=1S/C18H17F2N5O4/c1-3-25-9-14(15(24-25)17(27)28-2)21-16(26)13-8-12(22-23-13)10-4-6-11(7-5-10)29-18(19)20/h4-9,18H,3H2,1-2H3,(H,21,26)(H,22,23). The van der Waals surface area contributed by atoms with Crippen LogP contribution >= 0.6 is 0 Å². The summed E-state index contributed by atoms with van der Waals surface area (Å²) in [6, 6.07) is 7.31. The van der Waals surface area contributed by atoms with Gasteiger partial charge in [0, 0.05) is 18.3 Å². The lowest BCUT2D eigenvalue weighted by Crippen LogP contribution is -2.15. The number of H-pyrrole nitrogens is 1. The number of methoxy groups -OCH3 is 1. The summed E-state index contributed by atoms with van der Waals surface area (Å²) in [7, 11) is 1.22.